The number of aryl methyl sites for hydroxylation is 1. The molecule has 0 radical (unpaired) electrons. The summed E-state index contributed by atoms with van der Waals surface area (Å²) >= 11 is 0. The number of benzene rings is 2. The van der Waals surface area contributed by atoms with E-state index in [0.717, 1.165) is 18.7 Å². The highest BCUT2D eigenvalue weighted by Gasteiger charge is 2.23. The first-order valence-electron chi connectivity index (χ1n) is 10.3. The van der Waals surface area contributed by atoms with Crippen LogP contribution in [0.1, 0.15) is 40.7 Å². The number of Topliss-reactive ketones (excluding diaryl/α,β-unsaturated/α-hetero) is 1. The van der Waals surface area contributed by atoms with Crippen molar-refractivity contribution in [2.45, 2.75) is 44.8 Å². The summed E-state index contributed by atoms with van der Waals surface area (Å²) in [6, 6.07) is 17.4. The van der Waals surface area contributed by atoms with Crippen LogP contribution < -0.4 is 0 Å². The molecule has 0 amide bonds. The van der Waals surface area contributed by atoms with Gasteiger partial charge < -0.3 is 14.7 Å². The Morgan fingerprint density at radius 1 is 1.04 bits per heavy atom. The van der Waals surface area contributed by atoms with E-state index in [4.69, 9.17) is 4.74 Å². The van der Waals surface area contributed by atoms with Crippen LogP contribution in [-0.4, -0.2) is 54.2 Å². The van der Waals surface area contributed by atoms with E-state index in [1.807, 2.05) is 61.5 Å². The Labute approximate surface area is 168 Å². The van der Waals surface area contributed by atoms with E-state index < -0.39 is 12.2 Å². The number of carbonyl (C=O) groups is 1. The fourth-order valence-corrected chi connectivity index (χ4v) is 3.67. The average molecular weight is 382 g/mol. The molecule has 2 unspecified atom stereocenters. The van der Waals surface area contributed by atoms with Crippen molar-refractivity contribution in [3.63, 3.8) is 0 Å². The number of hydrogen-bond acceptors (Lipinski definition) is 4. The summed E-state index contributed by atoms with van der Waals surface area (Å²) in [7, 11) is 0. The van der Waals surface area contributed by atoms with Crippen molar-refractivity contribution >= 4 is 5.78 Å². The van der Waals surface area contributed by atoms with Gasteiger partial charge in [0.25, 0.3) is 0 Å². The first-order valence-corrected chi connectivity index (χ1v) is 10.3. The van der Waals surface area contributed by atoms with Crippen molar-refractivity contribution in [3.8, 4) is 0 Å². The summed E-state index contributed by atoms with van der Waals surface area (Å²) < 4.78 is 5.97. The number of nitrogens with zero attached hydrogens (tertiary/aromatic N) is 1. The number of ether oxygens (including phenoxy) is 1. The van der Waals surface area contributed by atoms with Gasteiger partial charge in [-0.3, -0.25) is 4.79 Å². The minimum atomic E-state index is -0.596. The molecule has 1 N–H and O–H groups in total. The second kappa shape index (κ2) is 10.5. The Bertz CT molecular complexity index is 723. The van der Waals surface area contributed by atoms with E-state index >= 15 is 0 Å². The molecule has 0 aromatic heterocycles. The lowest BCUT2D eigenvalue weighted by Crippen LogP contribution is -2.39. The molecule has 1 heterocycles. The zero-order chi connectivity index (χ0) is 19.8. The van der Waals surface area contributed by atoms with Crippen LogP contribution in [0.25, 0.3) is 0 Å². The molecule has 2 aromatic rings. The van der Waals surface area contributed by atoms with Crippen LogP contribution in [0, 0.1) is 6.92 Å². The number of ketones is 1. The van der Waals surface area contributed by atoms with Crippen molar-refractivity contribution in [1.82, 2.24) is 4.90 Å². The normalized spacial score (nSPS) is 17.2. The Kier molecular flexibility index (Phi) is 7.78. The summed E-state index contributed by atoms with van der Waals surface area (Å²) in [5.41, 5.74) is 2.89. The molecule has 2 atom stereocenters. The second-order valence-electron chi connectivity index (χ2n) is 7.76. The fourth-order valence-electron chi connectivity index (χ4n) is 3.67. The van der Waals surface area contributed by atoms with Crippen molar-refractivity contribution in [2.75, 3.05) is 26.2 Å². The zero-order valence-corrected chi connectivity index (χ0v) is 16.7. The molecule has 4 heteroatoms. The second-order valence-corrected chi connectivity index (χ2v) is 7.76. The standard InChI is InChI=1S/C24H31NO3/c1-19-10-12-20(13-11-19)16-23(24(27)21-8-4-2-5-9-21)28-18-22(26)17-25-14-6-3-7-15-25/h2,4-5,8-13,22-23,26H,3,6-7,14-18H2,1H3. The van der Waals surface area contributed by atoms with Gasteiger partial charge in [-0.25, -0.2) is 0 Å². The SMILES string of the molecule is Cc1ccc(CC(OCC(O)CN2CCCCC2)C(=O)c2ccccc2)cc1. The maximum Gasteiger partial charge on any atom is 0.191 e. The molecule has 1 aliphatic heterocycles. The Hall–Kier alpha value is -2.01. The summed E-state index contributed by atoms with van der Waals surface area (Å²) in [6.45, 7) is 4.89. The molecule has 0 bridgehead atoms. The predicted octanol–water partition coefficient (Wildman–Crippen LogP) is 3.65. The lowest BCUT2D eigenvalue weighted by atomic mass is 9.99. The maximum absolute atomic E-state index is 13.0. The van der Waals surface area contributed by atoms with Gasteiger partial charge in [0.1, 0.15) is 6.10 Å². The van der Waals surface area contributed by atoms with Crippen molar-refractivity contribution in [3.05, 3.63) is 71.3 Å². The summed E-state index contributed by atoms with van der Waals surface area (Å²) in [5, 5.41) is 10.4. The van der Waals surface area contributed by atoms with Crippen molar-refractivity contribution in [2.24, 2.45) is 0 Å². The molecule has 2 aromatic carbocycles. The fraction of sp³-hybridized carbons (Fsp3) is 0.458. The average Bonchev–Trinajstić information content (AvgIpc) is 2.73. The van der Waals surface area contributed by atoms with Gasteiger partial charge in [-0.15, -0.1) is 0 Å². The molecule has 0 aliphatic carbocycles. The van der Waals surface area contributed by atoms with Gasteiger partial charge in [-0.1, -0.05) is 66.6 Å². The van der Waals surface area contributed by atoms with Gasteiger partial charge in [0.15, 0.2) is 5.78 Å². The quantitative estimate of drug-likeness (QED) is 0.674. The third kappa shape index (κ3) is 6.26. The first-order chi connectivity index (χ1) is 13.6. The highest BCUT2D eigenvalue weighted by Crippen LogP contribution is 2.15. The Morgan fingerprint density at radius 3 is 2.39 bits per heavy atom. The molecule has 4 nitrogen and oxygen atoms in total. The molecule has 150 valence electrons. The number of β-amino-alcohol motifs (C(OH)–C–C–N with tert-alkyl or cyclic N) is 1. The predicted molar refractivity (Wildman–Crippen MR) is 112 cm³/mol. The first kappa shape index (κ1) is 20.7. The molecule has 3 rings (SSSR count). The molecule has 28 heavy (non-hydrogen) atoms. The molecule has 0 saturated carbocycles. The van der Waals surface area contributed by atoms with Crippen LogP contribution in [0.5, 0.6) is 0 Å². The zero-order valence-electron chi connectivity index (χ0n) is 16.7. The Balaban J connectivity index is 1.63. The number of carbonyl (C=O) groups excluding carboxylic acids is 1. The Morgan fingerprint density at radius 2 is 1.71 bits per heavy atom. The van der Waals surface area contributed by atoms with Gasteiger partial charge >= 0.3 is 0 Å². The highest BCUT2D eigenvalue weighted by molar-refractivity contribution is 5.99. The summed E-state index contributed by atoms with van der Waals surface area (Å²) in [5.74, 6) is -0.0358. The minimum Gasteiger partial charge on any atom is -0.389 e. The lowest BCUT2D eigenvalue weighted by molar-refractivity contribution is -0.0151. The molecular formula is C24H31NO3. The van der Waals surface area contributed by atoms with Crippen LogP contribution in [-0.2, 0) is 11.2 Å². The minimum absolute atomic E-state index is 0.0358. The van der Waals surface area contributed by atoms with Crippen LogP contribution in [0.2, 0.25) is 0 Å². The molecule has 0 spiro atoms. The number of piperidine rings is 1. The highest BCUT2D eigenvalue weighted by atomic mass is 16.5. The van der Waals surface area contributed by atoms with Gasteiger partial charge in [0.05, 0.1) is 12.7 Å². The number of aliphatic hydroxyl groups is 1. The number of aliphatic hydroxyl groups excluding tert-OH is 1. The number of likely N-dealkylation sites (tertiary alicyclic amines) is 1. The summed E-state index contributed by atoms with van der Waals surface area (Å²) in [6.07, 6.45) is 2.98. The van der Waals surface area contributed by atoms with E-state index in [1.165, 1.54) is 24.8 Å². The lowest BCUT2D eigenvalue weighted by Gasteiger charge is -2.29. The van der Waals surface area contributed by atoms with Crippen molar-refractivity contribution < 1.29 is 14.6 Å². The smallest absolute Gasteiger partial charge is 0.191 e. The van der Waals surface area contributed by atoms with E-state index in [9.17, 15) is 9.90 Å². The largest absolute Gasteiger partial charge is 0.389 e. The third-order valence-corrected chi connectivity index (χ3v) is 5.30. The molecular weight excluding hydrogens is 350 g/mol. The topological polar surface area (TPSA) is 49.8 Å². The molecule has 1 saturated heterocycles. The van der Waals surface area contributed by atoms with E-state index in [-0.39, 0.29) is 12.4 Å². The van der Waals surface area contributed by atoms with Crippen LogP contribution in [0.3, 0.4) is 0 Å². The monoisotopic (exact) mass is 381 g/mol. The van der Waals surface area contributed by atoms with Gasteiger partial charge in [0, 0.05) is 18.5 Å². The van der Waals surface area contributed by atoms with E-state index in [2.05, 4.69) is 4.90 Å². The summed E-state index contributed by atoms with van der Waals surface area (Å²) in [4.78, 5) is 15.3. The molecule has 1 fully saturated rings. The number of rotatable bonds is 9. The maximum atomic E-state index is 13.0. The van der Waals surface area contributed by atoms with Crippen LogP contribution >= 0.6 is 0 Å². The van der Waals surface area contributed by atoms with Crippen LogP contribution in [0.15, 0.2) is 54.6 Å². The molecule has 1 aliphatic rings. The van der Waals surface area contributed by atoms with E-state index in [1.54, 1.807) is 0 Å². The van der Waals surface area contributed by atoms with Crippen molar-refractivity contribution in [1.29, 1.82) is 0 Å². The third-order valence-electron chi connectivity index (χ3n) is 5.30. The van der Waals surface area contributed by atoms with Gasteiger partial charge in [-0.05, 0) is 38.4 Å². The van der Waals surface area contributed by atoms with Gasteiger partial charge in [0.2, 0.25) is 0 Å². The van der Waals surface area contributed by atoms with E-state index in [0.29, 0.717) is 18.5 Å². The van der Waals surface area contributed by atoms with Crippen LogP contribution in [0.4, 0.5) is 0 Å². The van der Waals surface area contributed by atoms with Gasteiger partial charge in [-0.2, -0.15) is 0 Å². The number of hydrogen-bond donors (Lipinski definition) is 1.